The maximum Gasteiger partial charge on any atom is 0.255 e. The Kier molecular flexibility index (Phi) is 3.93. The summed E-state index contributed by atoms with van der Waals surface area (Å²) in [6.07, 6.45) is -0.111. The van der Waals surface area contributed by atoms with Crippen molar-refractivity contribution in [2.75, 3.05) is 0 Å². The summed E-state index contributed by atoms with van der Waals surface area (Å²) < 4.78 is 63.1. The van der Waals surface area contributed by atoms with Crippen molar-refractivity contribution in [3.8, 4) is 5.75 Å². The lowest BCUT2D eigenvalue weighted by Gasteiger charge is -2.32. The molecule has 0 amide bonds. The van der Waals surface area contributed by atoms with Crippen LogP contribution >= 0.6 is 0 Å². The van der Waals surface area contributed by atoms with E-state index in [0.29, 0.717) is 12.8 Å². The molecule has 1 aliphatic heterocycles. The zero-order chi connectivity index (χ0) is 14.2. The summed E-state index contributed by atoms with van der Waals surface area (Å²) in [7, 11) is 0. The number of nitrogens with zero attached hydrogens (tertiary/aromatic N) is 1. The van der Waals surface area contributed by atoms with Gasteiger partial charge in [-0.2, -0.15) is 22.5 Å². The predicted molar refractivity (Wildman–Crippen MR) is 57.7 cm³/mol. The van der Waals surface area contributed by atoms with Crippen LogP contribution in [0.4, 0.5) is 17.6 Å². The van der Waals surface area contributed by atoms with Crippen LogP contribution in [0.5, 0.6) is 5.75 Å². The predicted octanol–water partition coefficient (Wildman–Crippen LogP) is 2.97. The molecule has 0 saturated carbocycles. The first-order valence-corrected chi connectivity index (χ1v) is 5.90. The Bertz CT molecular complexity index is 447. The molecule has 2 rings (SSSR count). The molecule has 1 aliphatic rings. The minimum atomic E-state index is -1.72. The van der Waals surface area contributed by atoms with Crippen LogP contribution in [0.15, 0.2) is 0 Å². The third-order valence-corrected chi connectivity index (χ3v) is 2.90. The Morgan fingerprint density at radius 2 is 1.47 bits per heavy atom. The summed E-state index contributed by atoms with van der Waals surface area (Å²) in [6.45, 7) is 3.57. The van der Waals surface area contributed by atoms with Crippen molar-refractivity contribution in [1.82, 2.24) is 4.98 Å². The topological polar surface area (TPSA) is 31.4 Å². The minimum absolute atomic E-state index is 0.156. The van der Waals surface area contributed by atoms with Crippen LogP contribution in [0.1, 0.15) is 26.7 Å². The summed E-state index contributed by atoms with van der Waals surface area (Å²) in [5.41, 5.74) is 0. The molecule has 106 valence electrons. The van der Waals surface area contributed by atoms with Gasteiger partial charge in [-0.25, -0.2) is 0 Å². The Balaban J connectivity index is 2.23. The molecule has 0 bridgehead atoms. The summed E-state index contributed by atoms with van der Waals surface area (Å²) in [5.74, 6) is -7.74. The Hall–Kier alpha value is -1.37. The lowest BCUT2D eigenvalue weighted by atomic mass is 10.0. The fourth-order valence-corrected chi connectivity index (χ4v) is 2.18. The van der Waals surface area contributed by atoms with Gasteiger partial charge in [0, 0.05) is 12.8 Å². The van der Waals surface area contributed by atoms with E-state index in [1.807, 2.05) is 0 Å². The molecule has 0 aromatic carbocycles. The third kappa shape index (κ3) is 2.97. The molecule has 2 atom stereocenters. The van der Waals surface area contributed by atoms with E-state index in [2.05, 4.69) is 4.98 Å². The van der Waals surface area contributed by atoms with Gasteiger partial charge in [0.2, 0.25) is 17.4 Å². The van der Waals surface area contributed by atoms with Crippen molar-refractivity contribution in [3.63, 3.8) is 0 Å². The van der Waals surface area contributed by atoms with Crippen LogP contribution in [0.3, 0.4) is 0 Å². The van der Waals surface area contributed by atoms with Gasteiger partial charge in [0.05, 0.1) is 12.2 Å². The van der Waals surface area contributed by atoms with E-state index < -0.39 is 35.4 Å². The van der Waals surface area contributed by atoms with E-state index in [-0.39, 0.29) is 12.2 Å². The van der Waals surface area contributed by atoms with Crippen LogP contribution in [0.25, 0.3) is 0 Å². The van der Waals surface area contributed by atoms with E-state index in [4.69, 9.17) is 9.47 Å². The van der Waals surface area contributed by atoms with Gasteiger partial charge in [-0.3, -0.25) is 0 Å². The first-order valence-electron chi connectivity index (χ1n) is 5.90. The van der Waals surface area contributed by atoms with Gasteiger partial charge in [0.1, 0.15) is 6.10 Å². The second-order valence-electron chi connectivity index (χ2n) is 4.62. The zero-order valence-electron chi connectivity index (χ0n) is 10.4. The highest BCUT2D eigenvalue weighted by molar-refractivity contribution is 5.24. The number of hydrogen-bond donors (Lipinski definition) is 0. The smallest absolute Gasteiger partial charge is 0.255 e. The number of ether oxygens (including phenoxy) is 2. The molecular weight excluding hydrogens is 266 g/mol. The first kappa shape index (κ1) is 14.0. The molecule has 1 saturated heterocycles. The number of halogens is 4. The van der Waals surface area contributed by atoms with Crippen molar-refractivity contribution < 1.29 is 27.0 Å². The van der Waals surface area contributed by atoms with E-state index in [1.54, 1.807) is 13.8 Å². The molecule has 2 heterocycles. The van der Waals surface area contributed by atoms with Crippen molar-refractivity contribution in [3.05, 3.63) is 23.5 Å². The number of pyridine rings is 1. The van der Waals surface area contributed by atoms with Gasteiger partial charge in [0.25, 0.3) is 11.9 Å². The average Bonchev–Trinajstić information content (AvgIpc) is 2.31. The summed E-state index contributed by atoms with van der Waals surface area (Å²) in [4.78, 5) is 2.47. The molecule has 2 unspecified atom stereocenters. The lowest BCUT2D eigenvalue weighted by Crippen LogP contribution is -2.36. The fourth-order valence-electron chi connectivity index (χ4n) is 2.18. The van der Waals surface area contributed by atoms with Crippen molar-refractivity contribution in [1.29, 1.82) is 0 Å². The van der Waals surface area contributed by atoms with Crippen LogP contribution in [0.2, 0.25) is 0 Å². The van der Waals surface area contributed by atoms with Crippen LogP contribution in [-0.4, -0.2) is 23.3 Å². The quantitative estimate of drug-likeness (QED) is 0.616. The minimum Gasteiger partial charge on any atom is -0.484 e. The molecule has 1 aromatic rings. The zero-order valence-corrected chi connectivity index (χ0v) is 10.4. The molecule has 1 aromatic heterocycles. The molecule has 0 spiro atoms. The third-order valence-electron chi connectivity index (χ3n) is 2.90. The molecular formula is C12H13F4NO2. The summed E-state index contributed by atoms with van der Waals surface area (Å²) >= 11 is 0. The SMILES string of the molecule is CC1CC(Oc2c(F)c(F)nc(F)c2F)CC(C)O1. The average molecular weight is 279 g/mol. The maximum absolute atomic E-state index is 13.4. The lowest BCUT2D eigenvalue weighted by molar-refractivity contribution is -0.0737. The van der Waals surface area contributed by atoms with E-state index in [9.17, 15) is 17.6 Å². The van der Waals surface area contributed by atoms with Crippen molar-refractivity contribution in [2.45, 2.75) is 45.0 Å². The Labute approximate surface area is 107 Å². The van der Waals surface area contributed by atoms with Crippen LogP contribution < -0.4 is 4.74 Å². The van der Waals surface area contributed by atoms with E-state index in [1.165, 1.54) is 0 Å². The van der Waals surface area contributed by atoms with E-state index >= 15 is 0 Å². The molecule has 7 heteroatoms. The van der Waals surface area contributed by atoms with Gasteiger partial charge >= 0.3 is 0 Å². The Morgan fingerprint density at radius 1 is 1.00 bits per heavy atom. The normalized spacial score (nSPS) is 27.4. The second kappa shape index (κ2) is 5.32. The second-order valence-corrected chi connectivity index (χ2v) is 4.62. The highest BCUT2D eigenvalue weighted by Crippen LogP contribution is 2.29. The highest BCUT2D eigenvalue weighted by Gasteiger charge is 2.30. The molecule has 1 fully saturated rings. The Morgan fingerprint density at radius 3 is 1.95 bits per heavy atom. The first-order chi connectivity index (χ1) is 8.88. The summed E-state index contributed by atoms with van der Waals surface area (Å²) in [5, 5.41) is 0. The number of aromatic nitrogens is 1. The molecule has 0 N–H and O–H groups in total. The number of hydrogen-bond acceptors (Lipinski definition) is 3. The molecule has 3 nitrogen and oxygen atoms in total. The molecule has 0 radical (unpaired) electrons. The fraction of sp³-hybridized carbons (Fsp3) is 0.583. The van der Waals surface area contributed by atoms with Gasteiger partial charge in [-0.1, -0.05) is 0 Å². The van der Waals surface area contributed by atoms with Crippen LogP contribution in [-0.2, 0) is 4.74 Å². The maximum atomic E-state index is 13.4. The van der Waals surface area contributed by atoms with Crippen LogP contribution in [0, 0.1) is 23.5 Å². The van der Waals surface area contributed by atoms with E-state index in [0.717, 1.165) is 0 Å². The van der Waals surface area contributed by atoms with Gasteiger partial charge in [-0.05, 0) is 13.8 Å². The van der Waals surface area contributed by atoms with Gasteiger partial charge < -0.3 is 9.47 Å². The monoisotopic (exact) mass is 279 g/mol. The highest BCUT2D eigenvalue weighted by atomic mass is 19.2. The molecule has 19 heavy (non-hydrogen) atoms. The standard InChI is InChI=1S/C12H13F4NO2/c1-5-3-7(4-6(2)18-5)19-10-8(13)11(15)17-12(16)9(10)14/h5-7H,3-4H2,1-2H3. The van der Waals surface area contributed by atoms with Gasteiger partial charge in [0.15, 0.2) is 0 Å². The van der Waals surface area contributed by atoms with Crippen molar-refractivity contribution >= 4 is 0 Å². The molecule has 0 aliphatic carbocycles. The largest absolute Gasteiger partial charge is 0.484 e. The number of rotatable bonds is 2. The summed E-state index contributed by atoms with van der Waals surface area (Å²) in [6, 6.07) is 0. The van der Waals surface area contributed by atoms with Crippen molar-refractivity contribution in [2.24, 2.45) is 0 Å². The van der Waals surface area contributed by atoms with Gasteiger partial charge in [-0.15, -0.1) is 0 Å².